The lowest BCUT2D eigenvalue weighted by Gasteiger charge is -2.15. The van der Waals surface area contributed by atoms with Crippen molar-refractivity contribution in [3.05, 3.63) is 29.6 Å². The Balaban J connectivity index is 2.40. The van der Waals surface area contributed by atoms with Crippen molar-refractivity contribution < 1.29 is 9.13 Å². The van der Waals surface area contributed by atoms with Crippen molar-refractivity contribution in [2.24, 2.45) is 5.73 Å². The average Bonchev–Trinajstić information content (AvgIpc) is 2.42. The van der Waals surface area contributed by atoms with Crippen LogP contribution in [0.3, 0.4) is 0 Å². The van der Waals surface area contributed by atoms with Crippen LogP contribution < -0.4 is 10.5 Å². The first-order valence-electron chi connectivity index (χ1n) is 7.28. The molecule has 0 fully saturated rings. The molecule has 0 amide bonds. The van der Waals surface area contributed by atoms with Crippen LogP contribution in [-0.2, 0) is 0 Å². The molecule has 0 bridgehead atoms. The summed E-state index contributed by atoms with van der Waals surface area (Å²) in [7, 11) is 1.59. The highest BCUT2D eigenvalue weighted by Gasteiger charge is 2.12. The number of nitrogens with two attached hydrogens (primary N) is 1. The molecule has 0 aliphatic heterocycles. The molecule has 0 aliphatic carbocycles. The van der Waals surface area contributed by atoms with Crippen LogP contribution in [0.1, 0.15) is 63.5 Å². The van der Waals surface area contributed by atoms with Gasteiger partial charge in [0.25, 0.3) is 0 Å². The number of benzene rings is 1. The van der Waals surface area contributed by atoms with E-state index in [-0.39, 0.29) is 11.9 Å². The number of rotatable bonds is 9. The molecule has 0 saturated carbocycles. The second-order valence-electron chi connectivity index (χ2n) is 5.05. The molecule has 108 valence electrons. The molecule has 2 N–H and O–H groups in total. The second kappa shape index (κ2) is 8.92. The van der Waals surface area contributed by atoms with Crippen LogP contribution in [0, 0.1) is 5.82 Å². The van der Waals surface area contributed by atoms with E-state index >= 15 is 0 Å². The summed E-state index contributed by atoms with van der Waals surface area (Å²) in [5, 5.41) is 0. The van der Waals surface area contributed by atoms with Gasteiger partial charge in [-0.2, -0.15) is 0 Å². The minimum atomic E-state index is -0.255. The van der Waals surface area contributed by atoms with Crippen LogP contribution in [0.5, 0.6) is 5.75 Å². The molecule has 3 heteroatoms. The molecule has 0 aliphatic rings. The van der Waals surface area contributed by atoms with E-state index in [4.69, 9.17) is 10.5 Å². The maximum Gasteiger partial charge on any atom is 0.123 e. The molecular formula is C16H26FNO. The summed E-state index contributed by atoms with van der Waals surface area (Å²) in [5.41, 5.74) is 6.91. The third kappa shape index (κ3) is 5.60. The van der Waals surface area contributed by atoms with Crippen LogP contribution in [0.4, 0.5) is 4.39 Å². The Morgan fingerprint density at radius 3 is 2.53 bits per heavy atom. The molecule has 0 aromatic heterocycles. The SMILES string of the molecule is CCCCCCCCC(N)c1cc(F)ccc1OC. The monoisotopic (exact) mass is 267 g/mol. The Hall–Kier alpha value is -1.09. The highest BCUT2D eigenvalue weighted by Crippen LogP contribution is 2.27. The molecule has 1 unspecified atom stereocenters. The smallest absolute Gasteiger partial charge is 0.123 e. The van der Waals surface area contributed by atoms with Crippen molar-refractivity contribution in [2.75, 3.05) is 7.11 Å². The zero-order valence-corrected chi connectivity index (χ0v) is 12.1. The van der Waals surface area contributed by atoms with Crippen LogP contribution in [-0.4, -0.2) is 7.11 Å². The lowest BCUT2D eigenvalue weighted by Crippen LogP contribution is -2.12. The molecule has 1 rings (SSSR count). The fourth-order valence-corrected chi connectivity index (χ4v) is 2.30. The number of hydrogen-bond acceptors (Lipinski definition) is 2. The van der Waals surface area contributed by atoms with Gasteiger partial charge in [-0.05, 0) is 24.6 Å². The zero-order chi connectivity index (χ0) is 14.1. The van der Waals surface area contributed by atoms with Gasteiger partial charge in [-0.15, -0.1) is 0 Å². The summed E-state index contributed by atoms with van der Waals surface area (Å²) in [6.07, 6.45) is 8.31. The number of methoxy groups -OCH3 is 1. The van der Waals surface area contributed by atoms with Crippen LogP contribution >= 0.6 is 0 Å². The zero-order valence-electron chi connectivity index (χ0n) is 12.1. The molecule has 0 radical (unpaired) electrons. The second-order valence-corrected chi connectivity index (χ2v) is 5.05. The number of unbranched alkanes of at least 4 members (excludes halogenated alkanes) is 5. The van der Waals surface area contributed by atoms with E-state index in [0.717, 1.165) is 18.4 Å². The average molecular weight is 267 g/mol. The molecule has 1 aromatic rings. The summed E-state index contributed by atoms with van der Waals surface area (Å²) >= 11 is 0. The van der Waals surface area contributed by atoms with Gasteiger partial charge in [0, 0.05) is 11.6 Å². The molecule has 0 saturated heterocycles. The highest BCUT2D eigenvalue weighted by atomic mass is 19.1. The Bertz CT molecular complexity index is 368. The third-order valence-corrected chi connectivity index (χ3v) is 3.46. The normalized spacial score (nSPS) is 12.4. The first kappa shape index (κ1) is 16.0. The van der Waals surface area contributed by atoms with Gasteiger partial charge in [-0.25, -0.2) is 4.39 Å². The van der Waals surface area contributed by atoms with Gasteiger partial charge in [-0.1, -0.05) is 45.4 Å². The predicted molar refractivity (Wildman–Crippen MR) is 77.9 cm³/mol. The van der Waals surface area contributed by atoms with Gasteiger partial charge in [-0.3, -0.25) is 0 Å². The van der Waals surface area contributed by atoms with E-state index in [0.29, 0.717) is 5.75 Å². The van der Waals surface area contributed by atoms with E-state index in [1.54, 1.807) is 13.2 Å². The minimum Gasteiger partial charge on any atom is -0.496 e. The van der Waals surface area contributed by atoms with E-state index < -0.39 is 0 Å². The van der Waals surface area contributed by atoms with Crippen molar-refractivity contribution in [3.8, 4) is 5.75 Å². The number of hydrogen-bond donors (Lipinski definition) is 1. The topological polar surface area (TPSA) is 35.2 Å². The van der Waals surface area contributed by atoms with Gasteiger partial charge in [0.15, 0.2) is 0 Å². The standard InChI is InChI=1S/C16H26FNO/c1-3-4-5-6-7-8-9-15(18)14-12-13(17)10-11-16(14)19-2/h10-12,15H,3-9,18H2,1-2H3. The van der Waals surface area contributed by atoms with Gasteiger partial charge >= 0.3 is 0 Å². The first-order valence-corrected chi connectivity index (χ1v) is 7.28. The molecule has 19 heavy (non-hydrogen) atoms. The summed E-state index contributed by atoms with van der Waals surface area (Å²) in [5.74, 6) is 0.425. The van der Waals surface area contributed by atoms with E-state index in [1.165, 1.54) is 44.2 Å². The summed E-state index contributed by atoms with van der Waals surface area (Å²) in [6.45, 7) is 2.21. The van der Waals surface area contributed by atoms with Gasteiger partial charge < -0.3 is 10.5 Å². The highest BCUT2D eigenvalue weighted by molar-refractivity contribution is 5.36. The third-order valence-electron chi connectivity index (χ3n) is 3.46. The Kier molecular flexibility index (Phi) is 7.49. The summed E-state index contributed by atoms with van der Waals surface area (Å²) < 4.78 is 18.5. The van der Waals surface area contributed by atoms with Crippen molar-refractivity contribution in [2.45, 2.75) is 57.9 Å². The van der Waals surface area contributed by atoms with Crippen molar-refractivity contribution in [3.63, 3.8) is 0 Å². The van der Waals surface area contributed by atoms with Crippen LogP contribution in [0.25, 0.3) is 0 Å². The van der Waals surface area contributed by atoms with Gasteiger partial charge in [0.05, 0.1) is 7.11 Å². The molecule has 0 heterocycles. The van der Waals surface area contributed by atoms with Crippen molar-refractivity contribution in [1.29, 1.82) is 0 Å². The minimum absolute atomic E-state index is 0.142. The quantitative estimate of drug-likeness (QED) is 0.664. The molecule has 1 aromatic carbocycles. The largest absolute Gasteiger partial charge is 0.496 e. The fraction of sp³-hybridized carbons (Fsp3) is 0.625. The molecule has 0 spiro atoms. The lowest BCUT2D eigenvalue weighted by atomic mass is 9.99. The van der Waals surface area contributed by atoms with E-state index in [2.05, 4.69) is 6.92 Å². The van der Waals surface area contributed by atoms with Crippen molar-refractivity contribution >= 4 is 0 Å². The van der Waals surface area contributed by atoms with Crippen molar-refractivity contribution in [1.82, 2.24) is 0 Å². The molecular weight excluding hydrogens is 241 g/mol. The number of halogens is 1. The Morgan fingerprint density at radius 2 is 1.84 bits per heavy atom. The Labute approximate surface area is 116 Å². The molecule has 2 nitrogen and oxygen atoms in total. The Morgan fingerprint density at radius 1 is 1.16 bits per heavy atom. The van der Waals surface area contributed by atoms with Gasteiger partial charge in [0.2, 0.25) is 0 Å². The van der Waals surface area contributed by atoms with E-state index in [9.17, 15) is 4.39 Å². The van der Waals surface area contributed by atoms with Crippen LogP contribution in [0.2, 0.25) is 0 Å². The number of ether oxygens (including phenoxy) is 1. The predicted octanol–water partition coefficient (Wildman–Crippen LogP) is 4.58. The lowest BCUT2D eigenvalue weighted by molar-refractivity contribution is 0.401. The maximum atomic E-state index is 13.3. The first-order chi connectivity index (χ1) is 9.19. The van der Waals surface area contributed by atoms with E-state index in [1.807, 2.05) is 0 Å². The summed E-state index contributed by atoms with van der Waals surface area (Å²) in [6, 6.07) is 4.39. The summed E-state index contributed by atoms with van der Waals surface area (Å²) in [4.78, 5) is 0. The fourth-order valence-electron chi connectivity index (χ4n) is 2.30. The van der Waals surface area contributed by atoms with Gasteiger partial charge in [0.1, 0.15) is 11.6 Å². The maximum absolute atomic E-state index is 13.3. The molecule has 1 atom stereocenters. The van der Waals surface area contributed by atoms with Crippen LogP contribution in [0.15, 0.2) is 18.2 Å².